The van der Waals surface area contributed by atoms with Gasteiger partial charge in [-0.3, -0.25) is 0 Å². The molecule has 1 rings (SSSR count). The molecule has 0 saturated carbocycles. The Morgan fingerprint density at radius 2 is 2.30 bits per heavy atom. The predicted octanol–water partition coefficient (Wildman–Crippen LogP) is 1.68. The molecule has 0 atom stereocenters. The molecule has 0 aromatic carbocycles. The van der Waals surface area contributed by atoms with Crippen molar-refractivity contribution in [2.75, 3.05) is 0 Å². The summed E-state index contributed by atoms with van der Waals surface area (Å²) in [7, 11) is 0. The molecule has 0 aliphatic heterocycles. The number of aryl methyl sites for hydroxylation is 1. The number of hydrogen-bond acceptors (Lipinski definition) is 3. The fraction of sp³-hybridized carbons (Fsp3) is 0.167. The van der Waals surface area contributed by atoms with Crippen molar-refractivity contribution in [3.8, 4) is 5.75 Å². The lowest BCUT2D eigenvalue weighted by Gasteiger charge is -1.94. The number of hydrogen-bond donors (Lipinski definition) is 0. The lowest BCUT2D eigenvalue weighted by molar-refractivity contribution is 0.473. The fourth-order valence-electron chi connectivity index (χ4n) is 0.620. The first-order valence-corrected chi connectivity index (χ1v) is 3.51. The molecule has 0 N–H and O–H groups in total. The first-order chi connectivity index (χ1) is 4.72. The monoisotopic (exact) mass is 252 g/mol. The van der Waals surface area contributed by atoms with Crippen molar-refractivity contribution < 1.29 is 7.48 Å². The maximum absolute atomic E-state index is 10.6. The van der Waals surface area contributed by atoms with Crippen LogP contribution in [0.3, 0.4) is 0 Å². The maximum Gasteiger partial charge on any atom is 0.339 e. The third-order valence-electron chi connectivity index (χ3n) is 0.956. The Morgan fingerprint density at radius 3 is 2.80 bits per heavy atom. The molecule has 0 radical (unpaired) electrons. The van der Waals surface area contributed by atoms with Crippen LogP contribution in [0.4, 0.5) is 0 Å². The summed E-state index contributed by atoms with van der Waals surface area (Å²) in [5.41, 5.74) is -0.383. The predicted molar refractivity (Wildman–Crippen MR) is 44.4 cm³/mol. The van der Waals surface area contributed by atoms with Crippen LogP contribution in [0.5, 0.6) is 5.75 Å². The highest BCUT2D eigenvalue weighted by molar-refractivity contribution is 14.1. The summed E-state index contributed by atoms with van der Waals surface area (Å²) in [6.07, 6.45) is 0. The van der Waals surface area contributed by atoms with Crippen LogP contribution in [-0.4, -0.2) is 0 Å². The Morgan fingerprint density at radius 1 is 1.60 bits per heavy atom. The van der Waals surface area contributed by atoms with E-state index in [1.807, 2.05) is 0 Å². The fourth-order valence-corrected chi connectivity index (χ4v) is 0.875. The first-order valence-electron chi connectivity index (χ1n) is 2.63. The molecule has 0 aliphatic carbocycles. The Kier molecular flexibility index (Phi) is 2.31. The second-order valence-electron chi connectivity index (χ2n) is 1.80. The van der Waals surface area contributed by atoms with Crippen LogP contribution in [-0.2, 0) is 0 Å². The van der Waals surface area contributed by atoms with Gasteiger partial charge in [0.1, 0.15) is 11.5 Å². The normalized spacial score (nSPS) is 9.40. The molecule has 1 aromatic heterocycles. The minimum absolute atomic E-state index is 0.383. The van der Waals surface area contributed by atoms with Crippen molar-refractivity contribution in [1.29, 1.82) is 0 Å². The Hall–Kier alpha value is -0.520. The van der Waals surface area contributed by atoms with Crippen LogP contribution in [0.1, 0.15) is 5.76 Å². The van der Waals surface area contributed by atoms with Gasteiger partial charge in [-0.25, -0.2) is 4.79 Å². The van der Waals surface area contributed by atoms with Gasteiger partial charge in [0.15, 0.2) is 23.0 Å². The average Bonchev–Trinajstić information content (AvgIpc) is 1.85. The molecule has 0 bridgehead atoms. The number of rotatable bonds is 1. The standard InChI is InChI=1S/C6H5IO3/c1-4-2-5(10-7)3-6(8)9-4/h2-3H,1H3. The minimum Gasteiger partial charge on any atom is -0.428 e. The van der Waals surface area contributed by atoms with Crippen molar-refractivity contribution >= 4 is 23.0 Å². The van der Waals surface area contributed by atoms with Gasteiger partial charge in [-0.2, -0.15) is 0 Å². The summed E-state index contributed by atoms with van der Waals surface area (Å²) < 4.78 is 9.47. The van der Waals surface area contributed by atoms with E-state index in [1.165, 1.54) is 6.07 Å². The van der Waals surface area contributed by atoms with Crippen molar-refractivity contribution in [3.63, 3.8) is 0 Å². The summed E-state index contributed by atoms with van der Waals surface area (Å²) in [6, 6.07) is 2.94. The minimum atomic E-state index is -0.383. The molecular weight excluding hydrogens is 247 g/mol. The number of halogens is 1. The molecule has 4 heteroatoms. The molecule has 1 heterocycles. The summed E-state index contributed by atoms with van der Waals surface area (Å²) in [4.78, 5) is 10.6. The zero-order chi connectivity index (χ0) is 7.56. The van der Waals surface area contributed by atoms with E-state index in [1.54, 1.807) is 36.0 Å². The topological polar surface area (TPSA) is 39.4 Å². The van der Waals surface area contributed by atoms with E-state index < -0.39 is 0 Å². The third kappa shape index (κ3) is 1.73. The highest BCUT2D eigenvalue weighted by Crippen LogP contribution is 2.11. The van der Waals surface area contributed by atoms with E-state index in [-0.39, 0.29) is 5.63 Å². The Labute approximate surface area is 71.7 Å². The van der Waals surface area contributed by atoms with Gasteiger partial charge >= 0.3 is 5.63 Å². The smallest absolute Gasteiger partial charge is 0.339 e. The molecule has 0 fully saturated rings. The molecule has 0 amide bonds. The lowest BCUT2D eigenvalue weighted by Crippen LogP contribution is -1.96. The van der Waals surface area contributed by atoms with E-state index in [0.717, 1.165) is 0 Å². The molecule has 10 heavy (non-hydrogen) atoms. The molecule has 54 valence electrons. The Bertz CT molecular complexity index is 279. The van der Waals surface area contributed by atoms with Crippen molar-refractivity contribution in [3.05, 3.63) is 28.3 Å². The average molecular weight is 252 g/mol. The second-order valence-corrected chi connectivity index (χ2v) is 2.24. The molecule has 0 spiro atoms. The zero-order valence-electron chi connectivity index (χ0n) is 5.26. The largest absolute Gasteiger partial charge is 0.428 e. The van der Waals surface area contributed by atoms with E-state index >= 15 is 0 Å². The van der Waals surface area contributed by atoms with Gasteiger partial charge in [0, 0.05) is 6.07 Å². The van der Waals surface area contributed by atoms with Crippen LogP contribution in [0.25, 0.3) is 0 Å². The van der Waals surface area contributed by atoms with Gasteiger partial charge in [0.2, 0.25) is 0 Å². The molecule has 0 unspecified atom stereocenters. The summed E-state index contributed by atoms with van der Waals surface area (Å²) >= 11 is 1.71. The Balaban J connectivity index is 3.19. The van der Waals surface area contributed by atoms with Gasteiger partial charge in [-0.1, -0.05) is 0 Å². The van der Waals surface area contributed by atoms with Crippen LogP contribution >= 0.6 is 23.0 Å². The van der Waals surface area contributed by atoms with Crippen molar-refractivity contribution in [1.82, 2.24) is 0 Å². The van der Waals surface area contributed by atoms with Crippen LogP contribution in [0.2, 0.25) is 0 Å². The third-order valence-corrected chi connectivity index (χ3v) is 1.46. The maximum atomic E-state index is 10.6. The summed E-state index contributed by atoms with van der Waals surface area (Å²) in [5, 5.41) is 0. The summed E-state index contributed by atoms with van der Waals surface area (Å²) in [6.45, 7) is 1.69. The highest BCUT2D eigenvalue weighted by atomic mass is 127. The van der Waals surface area contributed by atoms with Gasteiger partial charge in [0.05, 0.1) is 6.07 Å². The molecule has 0 aliphatic rings. The molecule has 0 saturated heterocycles. The molecule has 3 nitrogen and oxygen atoms in total. The SMILES string of the molecule is Cc1cc(OI)cc(=O)o1. The van der Waals surface area contributed by atoms with Gasteiger partial charge < -0.3 is 7.48 Å². The van der Waals surface area contributed by atoms with Crippen molar-refractivity contribution in [2.45, 2.75) is 6.92 Å². The zero-order valence-corrected chi connectivity index (χ0v) is 7.41. The van der Waals surface area contributed by atoms with E-state index in [9.17, 15) is 4.79 Å². The van der Waals surface area contributed by atoms with E-state index in [0.29, 0.717) is 11.5 Å². The highest BCUT2D eigenvalue weighted by Gasteiger charge is 1.95. The quantitative estimate of drug-likeness (QED) is 0.714. The first kappa shape index (κ1) is 7.59. The molecule has 1 aromatic rings. The van der Waals surface area contributed by atoms with E-state index in [4.69, 9.17) is 3.07 Å². The van der Waals surface area contributed by atoms with Crippen LogP contribution in [0.15, 0.2) is 21.3 Å². The van der Waals surface area contributed by atoms with Crippen molar-refractivity contribution in [2.24, 2.45) is 0 Å². The van der Waals surface area contributed by atoms with E-state index in [2.05, 4.69) is 4.42 Å². The van der Waals surface area contributed by atoms with Gasteiger partial charge in [-0.15, -0.1) is 0 Å². The second kappa shape index (κ2) is 3.05. The lowest BCUT2D eigenvalue weighted by atomic mass is 10.4. The van der Waals surface area contributed by atoms with Crippen LogP contribution in [0, 0.1) is 6.92 Å². The van der Waals surface area contributed by atoms with Crippen LogP contribution < -0.4 is 8.69 Å². The molecular formula is C6H5IO3. The van der Waals surface area contributed by atoms with Gasteiger partial charge in [0.25, 0.3) is 0 Å². The van der Waals surface area contributed by atoms with Gasteiger partial charge in [-0.05, 0) is 6.92 Å². The summed E-state index contributed by atoms with van der Waals surface area (Å²) in [5.74, 6) is 1.08.